The van der Waals surface area contributed by atoms with Crippen LogP contribution in [-0.2, 0) is 31.0 Å². The number of benzene rings is 1. The number of aromatic nitrogens is 3. The van der Waals surface area contributed by atoms with Crippen LogP contribution < -0.4 is 4.74 Å². The van der Waals surface area contributed by atoms with E-state index in [-0.39, 0.29) is 5.91 Å². The van der Waals surface area contributed by atoms with Crippen LogP contribution in [0.15, 0.2) is 48.8 Å². The van der Waals surface area contributed by atoms with Crippen LogP contribution >= 0.6 is 0 Å². The number of carbonyl (C=O) groups excluding carboxylic acids is 1. The number of hydrogen-bond donors (Lipinski definition) is 0. The molecule has 1 amide bonds. The van der Waals surface area contributed by atoms with Gasteiger partial charge in [-0.3, -0.25) is 19.4 Å². The molecule has 3 heterocycles. The Kier molecular flexibility index (Phi) is 7.40. The summed E-state index contributed by atoms with van der Waals surface area (Å²) in [7, 11) is 0. The fourth-order valence-electron chi connectivity index (χ4n) is 4.30. The Morgan fingerprint density at radius 1 is 1.09 bits per heavy atom. The first-order valence-electron chi connectivity index (χ1n) is 11.7. The third-order valence-corrected chi connectivity index (χ3v) is 6.11. The van der Waals surface area contributed by atoms with Crippen molar-refractivity contribution < 1.29 is 9.53 Å². The van der Waals surface area contributed by atoms with Gasteiger partial charge in [-0.05, 0) is 61.9 Å². The van der Waals surface area contributed by atoms with Gasteiger partial charge < -0.3 is 9.64 Å². The van der Waals surface area contributed by atoms with Crippen molar-refractivity contribution in [3.05, 3.63) is 76.9 Å². The molecule has 0 radical (unpaired) electrons. The molecule has 3 aromatic rings. The van der Waals surface area contributed by atoms with Crippen LogP contribution in [0.3, 0.4) is 0 Å². The molecule has 174 valence electrons. The fraction of sp³-hybridized carbons (Fsp3) is 0.423. The summed E-state index contributed by atoms with van der Waals surface area (Å²) in [4.78, 5) is 21.4. The molecule has 2 aromatic heterocycles. The minimum atomic E-state index is 0.136. The number of aryl methyl sites for hydroxylation is 3. The lowest BCUT2D eigenvalue weighted by Gasteiger charge is -2.22. The molecule has 0 saturated heterocycles. The van der Waals surface area contributed by atoms with Crippen LogP contribution in [0.4, 0.5) is 0 Å². The Morgan fingerprint density at radius 2 is 1.88 bits per heavy atom. The number of nitrogens with zero attached hydrogens (tertiary/aromatic N) is 5. The highest BCUT2D eigenvalue weighted by atomic mass is 16.5. The van der Waals surface area contributed by atoms with Gasteiger partial charge in [0, 0.05) is 56.3 Å². The lowest BCUT2D eigenvalue weighted by molar-refractivity contribution is -0.132. The summed E-state index contributed by atoms with van der Waals surface area (Å²) >= 11 is 0. The second kappa shape index (κ2) is 10.6. The Bertz CT molecular complexity index is 1080. The van der Waals surface area contributed by atoms with Crippen molar-refractivity contribution in [3.8, 4) is 5.75 Å². The fourth-order valence-corrected chi connectivity index (χ4v) is 4.30. The number of pyridine rings is 1. The number of carbonyl (C=O) groups is 1. The molecule has 0 aliphatic carbocycles. The minimum Gasteiger partial charge on any atom is -0.491 e. The molecular formula is C26H33N5O2. The van der Waals surface area contributed by atoms with Gasteiger partial charge in [0.05, 0.1) is 12.2 Å². The van der Waals surface area contributed by atoms with Gasteiger partial charge in [0.2, 0.25) is 5.91 Å². The van der Waals surface area contributed by atoms with Crippen LogP contribution in [0.1, 0.15) is 41.4 Å². The second-order valence-electron chi connectivity index (χ2n) is 8.66. The molecule has 0 bridgehead atoms. The normalized spacial score (nSPS) is 13.5. The number of fused-ring (bicyclic) bond motifs is 1. The van der Waals surface area contributed by atoms with Gasteiger partial charge in [0.25, 0.3) is 0 Å². The molecule has 7 nitrogen and oxygen atoms in total. The Labute approximate surface area is 196 Å². The predicted molar refractivity (Wildman–Crippen MR) is 128 cm³/mol. The number of rotatable bonds is 8. The van der Waals surface area contributed by atoms with Gasteiger partial charge in [-0.2, -0.15) is 5.10 Å². The van der Waals surface area contributed by atoms with Crippen molar-refractivity contribution >= 4 is 5.91 Å². The highest BCUT2D eigenvalue weighted by Crippen LogP contribution is 2.26. The van der Waals surface area contributed by atoms with E-state index in [9.17, 15) is 4.79 Å². The van der Waals surface area contributed by atoms with Crippen molar-refractivity contribution in [3.63, 3.8) is 0 Å². The van der Waals surface area contributed by atoms with E-state index >= 15 is 0 Å². The van der Waals surface area contributed by atoms with E-state index in [1.54, 1.807) is 0 Å². The van der Waals surface area contributed by atoms with E-state index in [0.717, 1.165) is 42.3 Å². The van der Waals surface area contributed by atoms with Gasteiger partial charge >= 0.3 is 0 Å². The quantitative estimate of drug-likeness (QED) is 0.527. The van der Waals surface area contributed by atoms with Crippen molar-refractivity contribution in [1.82, 2.24) is 24.6 Å². The molecule has 0 fully saturated rings. The maximum Gasteiger partial charge on any atom is 0.224 e. The maximum atomic E-state index is 13.0. The molecule has 33 heavy (non-hydrogen) atoms. The highest BCUT2D eigenvalue weighted by Gasteiger charge is 2.21. The van der Waals surface area contributed by atoms with Crippen LogP contribution in [-0.4, -0.2) is 50.2 Å². The summed E-state index contributed by atoms with van der Waals surface area (Å²) in [6.07, 6.45) is 4.11. The van der Waals surface area contributed by atoms with Gasteiger partial charge in [-0.15, -0.1) is 0 Å². The van der Waals surface area contributed by atoms with Crippen LogP contribution in [0.5, 0.6) is 5.75 Å². The van der Waals surface area contributed by atoms with Gasteiger partial charge in [0.1, 0.15) is 12.4 Å². The largest absolute Gasteiger partial charge is 0.491 e. The molecule has 0 spiro atoms. The van der Waals surface area contributed by atoms with Crippen molar-refractivity contribution in [2.24, 2.45) is 0 Å². The molecule has 1 aliphatic heterocycles. The third kappa shape index (κ3) is 5.99. The molecule has 7 heteroatoms. The summed E-state index contributed by atoms with van der Waals surface area (Å²) in [5, 5.41) is 4.47. The van der Waals surface area contributed by atoms with Gasteiger partial charge in [-0.25, -0.2) is 0 Å². The highest BCUT2D eigenvalue weighted by molar-refractivity contribution is 5.76. The SMILES string of the molecule is CCN(Cc1ccncc1)Cc1ccc2c(c1)CN(C(=O)CCn1nc(C)cc1C)CCO2. The van der Waals surface area contributed by atoms with Gasteiger partial charge in [-0.1, -0.05) is 13.0 Å². The minimum absolute atomic E-state index is 0.136. The molecule has 1 aliphatic rings. The van der Waals surface area contributed by atoms with Gasteiger partial charge in [0.15, 0.2) is 0 Å². The molecule has 0 N–H and O–H groups in total. The topological polar surface area (TPSA) is 63.5 Å². The maximum absolute atomic E-state index is 13.0. The van der Waals surface area contributed by atoms with Crippen LogP contribution in [0, 0.1) is 13.8 Å². The van der Waals surface area contributed by atoms with E-state index in [1.807, 2.05) is 41.9 Å². The summed E-state index contributed by atoms with van der Waals surface area (Å²) < 4.78 is 7.88. The second-order valence-corrected chi connectivity index (χ2v) is 8.66. The molecular weight excluding hydrogens is 414 g/mol. The zero-order valence-electron chi connectivity index (χ0n) is 19.8. The zero-order chi connectivity index (χ0) is 23.2. The standard InChI is InChI=1S/C26H33N5O2/c1-4-29(17-22-7-10-27-11-8-22)18-23-5-6-25-24(16-23)19-30(13-14-33-25)26(32)9-12-31-21(3)15-20(2)28-31/h5-8,10-11,15-16H,4,9,12-14,17-19H2,1-3H3. The smallest absolute Gasteiger partial charge is 0.224 e. The van der Waals surface area contributed by atoms with Crippen molar-refractivity contribution in [2.45, 2.75) is 53.4 Å². The van der Waals surface area contributed by atoms with E-state index in [2.05, 4.69) is 52.2 Å². The average Bonchev–Trinajstić information content (AvgIpc) is 3.01. The van der Waals surface area contributed by atoms with E-state index in [0.29, 0.717) is 32.7 Å². The lowest BCUT2D eigenvalue weighted by Crippen LogP contribution is -2.33. The monoisotopic (exact) mass is 447 g/mol. The molecule has 4 rings (SSSR count). The van der Waals surface area contributed by atoms with Crippen molar-refractivity contribution in [1.29, 1.82) is 0 Å². The lowest BCUT2D eigenvalue weighted by atomic mass is 10.1. The first-order chi connectivity index (χ1) is 16.0. The van der Waals surface area contributed by atoms with E-state index in [1.165, 1.54) is 11.1 Å². The molecule has 0 atom stereocenters. The summed E-state index contributed by atoms with van der Waals surface area (Å²) in [6.45, 7) is 11.1. The zero-order valence-corrected chi connectivity index (χ0v) is 19.8. The molecule has 1 aromatic carbocycles. The summed E-state index contributed by atoms with van der Waals surface area (Å²) in [5.74, 6) is 1.02. The molecule has 0 unspecified atom stereocenters. The van der Waals surface area contributed by atoms with E-state index < -0.39 is 0 Å². The van der Waals surface area contributed by atoms with Crippen LogP contribution in [0.25, 0.3) is 0 Å². The summed E-state index contributed by atoms with van der Waals surface area (Å²) in [5.41, 5.74) is 5.62. The van der Waals surface area contributed by atoms with Crippen molar-refractivity contribution in [2.75, 3.05) is 19.7 Å². The first-order valence-corrected chi connectivity index (χ1v) is 11.7. The average molecular weight is 448 g/mol. The number of ether oxygens (including phenoxy) is 1. The Hall–Kier alpha value is -3.19. The molecule has 0 saturated carbocycles. The first kappa shape index (κ1) is 23.0. The Morgan fingerprint density at radius 3 is 2.61 bits per heavy atom. The third-order valence-electron chi connectivity index (χ3n) is 6.11. The van der Waals surface area contributed by atoms with E-state index in [4.69, 9.17) is 4.74 Å². The predicted octanol–water partition coefficient (Wildman–Crippen LogP) is 3.73. The number of hydrogen-bond acceptors (Lipinski definition) is 5. The Balaban J connectivity index is 1.41. The summed E-state index contributed by atoms with van der Waals surface area (Å²) in [6, 6.07) is 12.5. The number of amides is 1. The van der Waals surface area contributed by atoms with Crippen LogP contribution in [0.2, 0.25) is 0 Å².